The van der Waals surface area contributed by atoms with Gasteiger partial charge in [0.1, 0.15) is 5.82 Å². The molecule has 18 heavy (non-hydrogen) atoms. The molecule has 1 atom stereocenters. The summed E-state index contributed by atoms with van der Waals surface area (Å²) >= 11 is 3.34. The number of methoxy groups -OCH3 is 1. The van der Waals surface area contributed by atoms with E-state index in [1.54, 1.807) is 19.2 Å². The molecule has 0 bridgehead atoms. The van der Waals surface area contributed by atoms with E-state index in [0.717, 1.165) is 17.3 Å². The van der Waals surface area contributed by atoms with Gasteiger partial charge in [-0.25, -0.2) is 4.39 Å². The van der Waals surface area contributed by atoms with Crippen LogP contribution in [0.3, 0.4) is 0 Å². The summed E-state index contributed by atoms with van der Waals surface area (Å²) in [4.78, 5) is 11.8. The van der Waals surface area contributed by atoms with Gasteiger partial charge >= 0.3 is 0 Å². The van der Waals surface area contributed by atoms with Crippen LogP contribution < -0.4 is 5.32 Å². The summed E-state index contributed by atoms with van der Waals surface area (Å²) in [5.74, 6) is -0.375. The standard InChI is InChI=1S/C13H17BrFNO2/c1-18-9-12(6-7-14)16-13(17)8-10-2-4-11(15)5-3-10/h2-5,12H,6-9H2,1H3,(H,16,17). The molecule has 1 aromatic carbocycles. The Labute approximate surface area is 115 Å². The highest BCUT2D eigenvalue weighted by Crippen LogP contribution is 2.04. The van der Waals surface area contributed by atoms with Crippen molar-refractivity contribution in [3.05, 3.63) is 35.6 Å². The molecule has 3 nitrogen and oxygen atoms in total. The first-order valence-electron chi connectivity index (χ1n) is 5.74. The molecule has 5 heteroatoms. The molecule has 1 rings (SSSR count). The maximum Gasteiger partial charge on any atom is 0.224 e. The van der Waals surface area contributed by atoms with Crippen molar-refractivity contribution >= 4 is 21.8 Å². The van der Waals surface area contributed by atoms with Crippen LogP contribution in [0.15, 0.2) is 24.3 Å². The summed E-state index contributed by atoms with van der Waals surface area (Å²) in [6, 6.07) is 5.94. The van der Waals surface area contributed by atoms with Gasteiger partial charge in [-0.1, -0.05) is 28.1 Å². The van der Waals surface area contributed by atoms with Gasteiger partial charge in [-0.05, 0) is 24.1 Å². The second-order valence-electron chi connectivity index (χ2n) is 4.00. The Morgan fingerprint density at radius 3 is 2.67 bits per heavy atom. The molecular formula is C13H17BrFNO2. The van der Waals surface area contributed by atoms with Gasteiger partial charge in [0.25, 0.3) is 0 Å². The van der Waals surface area contributed by atoms with Crippen LogP contribution in [-0.4, -0.2) is 31.0 Å². The predicted molar refractivity (Wildman–Crippen MR) is 72.3 cm³/mol. The minimum atomic E-state index is -0.296. The Morgan fingerprint density at radius 2 is 2.11 bits per heavy atom. The predicted octanol–water partition coefficient (Wildman–Crippen LogP) is 2.28. The highest BCUT2D eigenvalue weighted by molar-refractivity contribution is 9.09. The molecule has 0 aliphatic carbocycles. The van der Waals surface area contributed by atoms with E-state index in [2.05, 4.69) is 21.2 Å². The molecule has 0 aromatic heterocycles. The van der Waals surface area contributed by atoms with Crippen LogP contribution in [0.5, 0.6) is 0 Å². The fourth-order valence-corrected chi connectivity index (χ4v) is 2.15. The number of carbonyl (C=O) groups excluding carboxylic acids is 1. The molecule has 0 fully saturated rings. The molecule has 0 heterocycles. The molecule has 100 valence electrons. The highest BCUT2D eigenvalue weighted by Gasteiger charge is 2.11. The zero-order valence-electron chi connectivity index (χ0n) is 10.3. The van der Waals surface area contributed by atoms with Gasteiger partial charge in [0.05, 0.1) is 19.1 Å². The topological polar surface area (TPSA) is 38.3 Å². The monoisotopic (exact) mass is 317 g/mol. The van der Waals surface area contributed by atoms with E-state index in [0.29, 0.717) is 6.61 Å². The average molecular weight is 318 g/mol. The second kappa shape index (κ2) is 8.21. The summed E-state index contributed by atoms with van der Waals surface area (Å²) in [5.41, 5.74) is 0.795. The van der Waals surface area contributed by atoms with Crippen molar-refractivity contribution in [2.45, 2.75) is 18.9 Å². The normalized spacial score (nSPS) is 12.2. The number of rotatable bonds is 7. The number of alkyl halides is 1. The Bertz CT molecular complexity index is 364. The van der Waals surface area contributed by atoms with E-state index in [-0.39, 0.29) is 24.2 Å². The zero-order chi connectivity index (χ0) is 13.4. The quantitative estimate of drug-likeness (QED) is 0.784. The van der Waals surface area contributed by atoms with E-state index >= 15 is 0 Å². The number of benzene rings is 1. The summed E-state index contributed by atoms with van der Waals surface area (Å²) in [6.45, 7) is 0.487. The summed E-state index contributed by atoms with van der Waals surface area (Å²) in [5, 5.41) is 3.70. The first-order chi connectivity index (χ1) is 8.65. The van der Waals surface area contributed by atoms with Crippen LogP contribution in [0.2, 0.25) is 0 Å². The maximum absolute atomic E-state index is 12.7. The Kier molecular flexibility index (Phi) is 6.90. The van der Waals surface area contributed by atoms with Crippen LogP contribution >= 0.6 is 15.9 Å². The van der Waals surface area contributed by atoms with Crippen LogP contribution in [0.4, 0.5) is 4.39 Å². The third-order valence-electron chi connectivity index (χ3n) is 2.47. The van der Waals surface area contributed by atoms with Crippen molar-refractivity contribution in [2.75, 3.05) is 19.0 Å². The third kappa shape index (κ3) is 5.60. The lowest BCUT2D eigenvalue weighted by Gasteiger charge is -2.16. The molecule has 0 aliphatic rings. The molecule has 1 N–H and O–H groups in total. The molecule has 0 aliphatic heterocycles. The second-order valence-corrected chi connectivity index (χ2v) is 4.79. The summed E-state index contributed by atoms with van der Waals surface area (Å²) < 4.78 is 17.8. The SMILES string of the molecule is COCC(CCBr)NC(=O)Cc1ccc(F)cc1. The van der Waals surface area contributed by atoms with E-state index < -0.39 is 0 Å². The van der Waals surface area contributed by atoms with E-state index in [4.69, 9.17) is 4.74 Å². The molecule has 0 spiro atoms. The molecular weight excluding hydrogens is 301 g/mol. The molecule has 1 amide bonds. The van der Waals surface area contributed by atoms with Gasteiger partial charge in [-0.3, -0.25) is 4.79 Å². The van der Waals surface area contributed by atoms with Gasteiger partial charge < -0.3 is 10.1 Å². The van der Waals surface area contributed by atoms with Crippen LogP contribution in [0.25, 0.3) is 0 Å². The number of ether oxygens (including phenoxy) is 1. The molecule has 0 saturated carbocycles. The molecule has 0 radical (unpaired) electrons. The van der Waals surface area contributed by atoms with E-state index in [9.17, 15) is 9.18 Å². The number of nitrogens with one attached hydrogen (secondary N) is 1. The number of hydrogen-bond donors (Lipinski definition) is 1. The zero-order valence-corrected chi connectivity index (χ0v) is 11.9. The number of hydrogen-bond acceptors (Lipinski definition) is 2. The number of amides is 1. The molecule has 0 saturated heterocycles. The van der Waals surface area contributed by atoms with Gasteiger partial charge in [0, 0.05) is 12.4 Å². The first-order valence-corrected chi connectivity index (χ1v) is 6.86. The van der Waals surface area contributed by atoms with Crippen LogP contribution in [-0.2, 0) is 16.0 Å². The van der Waals surface area contributed by atoms with Crippen molar-refractivity contribution < 1.29 is 13.9 Å². The van der Waals surface area contributed by atoms with Gasteiger partial charge in [-0.2, -0.15) is 0 Å². The van der Waals surface area contributed by atoms with Crippen molar-refractivity contribution in [1.82, 2.24) is 5.32 Å². The van der Waals surface area contributed by atoms with Gasteiger partial charge in [0.15, 0.2) is 0 Å². The van der Waals surface area contributed by atoms with Crippen molar-refractivity contribution in [2.24, 2.45) is 0 Å². The minimum Gasteiger partial charge on any atom is -0.383 e. The number of halogens is 2. The van der Waals surface area contributed by atoms with E-state index in [1.165, 1.54) is 12.1 Å². The van der Waals surface area contributed by atoms with Gasteiger partial charge in [0.2, 0.25) is 5.91 Å². The van der Waals surface area contributed by atoms with Crippen molar-refractivity contribution in [3.63, 3.8) is 0 Å². The Balaban J connectivity index is 2.46. The summed E-state index contributed by atoms with van der Waals surface area (Å²) in [7, 11) is 1.60. The molecule has 1 aromatic rings. The van der Waals surface area contributed by atoms with E-state index in [1.807, 2.05) is 0 Å². The fraction of sp³-hybridized carbons (Fsp3) is 0.462. The first kappa shape index (κ1) is 15.1. The highest BCUT2D eigenvalue weighted by atomic mass is 79.9. The largest absolute Gasteiger partial charge is 0.383 e. The smallest absolute Gasteiger partial charge is 0.224 e. The molecule has 1 unspecified atom stereocenters. The van der Waals surface area contributed by atoms with Crippen molar-refractivity contribution in [1.29, 1.82) is 0 Å². The lowest BCUT2D eigenvalue weighted by Crippen LogP contribution is -2.39. The number of carbonyl (C=O) groups is 1. The third-order valence-corrected chi connectivity index (χ3v) is 2.93. The lowest BCUT2D eigenvalue weighted by atomic mass is 10.1. The van der Waals surface area contributed by atoms with Crippen LogP contribution in [0, 0.1) is 5.82 Å². The summed E-state index contributed by atoms with van der Waals surface area (Å²) in [6.07, 6.45) is 1.06. The Morgan fingerprint density at radius 1 is 1.44 bits per heavy atom. The fourth-order valence-electron chi connectivity index (χ4n) is 1.60. The van der Waals surface area contributed by atoms with Crippen LogP contribution in [0.1, 0.15) is 12.0 Å². The average Bonchev–Trinajstić information content (AvgIpc) is 2.33. The lowest BCUT2D eigenvalue weighted by molar-refractivity contribution is -0.121. The minimum absolute atomic E-state index is 0.00215. The maximum atomic E-state index is 12.7. The van der Waals surface area contributed by atoms with Crippen molar-refractivity contribution in [3.8, 4) is 0 Å². The Hall–Kier alpha value is -0.940. The van der Waals surface area contributed by atoms with Gasteiger partial charge in [-0.15, -0.1) is 0 Å².